The number of benzene rings is 1. The number of rotatable bonds is 6. The summed E-state index contributed by atoms with van der Waals surface area (Å²) in [6, 6.07) is 3.81. The fraction of sp³-hybridized carbons (Fsp3) is 0.440. The highest BCUT2D eigenvalue weighted by Crippen LogP contribution is 2.50. The minimum absolute atomic E-state index is 0.0963. The molecule has 0 saturated heterocycles. The maximum atomic E-state index is 15.0. The lowest BCUT2D eigenvalue weighted by atomic mass is 9.77. The average Bonchev–Trinajstić information content (AvgIpc) is 3.42. The lowest BCUT2D eigenvalue weighted by Gasteiger charge is -2.36. The Morgan fingerprint density at radius 1 is 1.26 bits per heavy atom. The van der Waals surface area contributed by atoms with Crippen LogP contribution in [0.2, 0.25) is 10.0 Å². The first-order valence-corrected chi connectivity index (χ1v) is 12.3. The number of nitrogens with zero attached hydrogens (tertiary/aromatic N) is 4. The number of aryl methyl sites for hydroxylation is 2. The highest BCUT2D eigenvalue weighted by Gasteiger charge is 2.41. The summed E-state index contributed by atoms with van der Waals surface area (Å²) in [5.74, 6) is -1.31. The summed E-state index contributed by atoms with van der Waals surface area (Å²) in [5.41, 5.74) is 2.20. The lowest BCUT2D eigenvalue weighted by Crippen LogP contribution is -2.44. The highest BCUT2D eigenvalue weighted by atomic mass is 35.5. The zero-order valence-corrected chi connectivity index (χ0v) is 21.7. The van der Waals surface area contributed by atoms with E-state index in [0.717, 1.165) is 31.4 Å². The van der Waals surface area contributed by atoms with Crippen LogP contribution in [0, 0.1) is 25.1 Å². The normalized spacial score (nSPS) is 15.9. The van der Waals surface area contributed by atoms with E-state index in [2.05, 4.69) is 15.4 Å². The quantitative estimate of drug-likeness (QED) is 0.448. The molecular formula is C25H28Cl2FN5O2. The molecule has 0 radical (unpaired) electrons. The number of carbonyl (C=O) groups is 2. The Balaban J connectivity index is 1.57. The van der Waals surface area contributed by atoms with E-state index >= 15 is 0 Å². The molecule has 2 amide bonds. The lowest BCUT2D eigenvalue weighted by molar-refractivity contribution is -0.123. The SMILES string of the molecule is Cc1cc2ncc(C(=O)N(C)CC(=O)N[C@H](c3c(F)ccc(Cl)c3Cl)C3(C)CCCC3)c(C)n2n1. The largest absolute Gasteiger partial charge is 0.347 e. The smallest absolute Gasteiger partial charge is 0.257 e. The van der Waals surface area contributed by atoms with Crippen molar-refractivity contribution in [3.05, 3.63) is 62.8 Å². The van der Waals surface area contributed by atoms with Gasteiger partial charge in [0.25, 0.3) is 5.91 Å². The second-order valence-corrected chi connectivity index (χ2v) is 10.4. The average molecular weight is 520 g/mol. The van der Waals surface area contributed by atoms with Crippen LogP contribution in [0.4, 0.5) is 4.39 Å². The van der Waals surface area contributed by atoms with Gasteiger partial charge in [-0.15, -0.1) is 0 Å². The van der Waals surface area contributed by atoms with Gasteiger partial charge in [-0.1, -0.05) is 43.0 Å². The summed E-state index contributed by atoms with van der Waals surface area (Å²) in [5, 5.41) is 7.65. The van der Waals surface area contributed by atoms with Crippen LogP contribution in [0.25, 0.3) is 5.65 Å². The standard InChI is InChI=1S/C25H28Cl2FN5O2/c1-14-11-19-29-12-16(15(2)33(19)31-14)24(35)32(4)13-20(34)30-23(25(3)9-5-6-10-25)21-18(28)8-7-17(26)22(21)27/h7-8,11-12,23H,5-6,9-10,13H2,1-4H3,(H,30,34)/t23-/m1/s1. The van der Waals surface area contributed by atoms with Crippen molar-refractivity contribution < 1.29 is 14.0 Å². The van der Waals surface area contributed by atoms with Gasteiger partial charge in [0.2, 0.25) is 5.91 Å². The number of halogens is 3. The van der Waals surface area contributed by atoms with Crippen LogP contribution < -0.4 is 5.32 Å². The third-order valence-corrected chi connectivity index (χ3v) is 7.74. The molecule has 1 N–H and O–H groups in total. The molecule has 0 spiro atoms. The fourth-order valence-corrected chi connectivity index (χ4v) is 5.37. The molecule has 0 unspecified atom stereocenters. The Labute approximate surface area is 213 Å². The number of fused-ring (bicyclic) bond motifs is 1. The van der Waals surface area contributed by atoms with Crippen molar-refractivity contribution in [2.75, 3.05) is 13.6 Å². The van der Waals surface area contributed by atoms with Crippen LogP contribution in [-0.4, -0.2) is 44.9 Å². The molecule has 3 aromatic rings. The zero-order chi connectivity index (χ0) is 25.5. The van der Waals surface area contributed by atoms with Crippen LogP contribution >= 0.6 is 23.2 Å². The fourth-order valence-electron chi connectivity index (χ4n) is 4.95. The second kappa shape index (κ2) is 9.74. The number of likely N-dealkylation sites (N-methyl/N-ethyl adjacent to an activating group) is 1. The highest BCUT2D eigenvalue weighted by molar-refractivity contribution is 6.42. The molecule has 2 aromatic heterocycles. The van der Waals surface area contributed by atoms with Crippen molar-refractivity contribution in [1.82, 2.24) is 24.8 Å². The second-order valence-electron chi connectivity index (χ2n) is 9.59. The molecule has 1 aliphatic carbocycles. The first-order valence-electron chi connectivity index (χ1n) is 11.5. The molecule has 1 saturated carbocycles. The summed E-state index contributed by atoms with van der Waals surface area (Å²) in [6.07, 6.45) is 5.06. The zero-order valence-electron chi connectivity index (χ0n) is 20.2. The monoisotopic (exact) mass is 519 g/mol. The van der Waals surface area contributed by atoms with E-state index in [4.69, 9.17) is 23.2 Å². The van der Waals surface area contributed by atoms with Gasteiger partial charge in [-0.3, -0.25) is 9.59 Å². The van der Waals surface area contributed by atoms with Crippen molar-refractivity contribution in [2.24, 2.45) is 5.41 Å². The molecule has 10 heteroatoms. The Morgan fingerprint density at radius 3 is 2.63 bits per heavy atom. The van der Waals surface area contributed by atoms with Gasteiger partial charge in [-0.2, -0.15) is 5.10 Å². The Kier molecular flexibility index (Phi) is 7.06. The summed E-state index contributed by atoms with van der Waals surface area (Å²) < 4.78 is 16.6. The van der Waals surface area contributed by atoms with E-state index in [1.54, 1.807) is 18.5 Å². The van der Waals surface area contributed by atoms with Crippen molar-refractivity contribution >= 4 is 40.7 Å². The van der Waals surface area contributed by atoms with E-state index in [-0.39, 0.29) is 28.1 Å². The van der Waals surface area contributed by atoms with Crippen molar-refractivity contribution in [3.8, 4) is 0 Å². The van der Waals surface area contributed by atoms with Crippen molar-refractivity contribution in [1.29, 1.82) is 0 Å². The molecule has 7 nitrogen and oxygen atoms in total. The summed E-state index contributed by atoms with van der Waals surface area (Å²) in [7, 11) is 1.54. The first-order chi connectivity index (χ1) is 16.5. The predicted octanol–water partition coefficient (Wildman–Crippen LogP) is 5.30. The van der Waals surface area contributed by atoms with Gasteiger partial charge in [0.15, 0.2) is 5.65 Å². The van der Waals surface area contributed by atoms with Crippen LogP contribution in [0.15, 0.2) is 24.4 Å². The number of hydrogen-bond acceptors (Lipinski definition) is 4. The Morgan fingerprint density at radius 2 is 1.94 bits per heavy atom. The molecule has 35 heavy (non-hydrogen) atoms. The van der Waals surface area contributed by atoms with Gasteiger partial charge >= 0.3 is 0 Å². The molecular weight excluding hydrogens is 492 g/mol. The molecule has 186 valence electrons. The van der Waals surface area contributed by atoms with Gasteiger partial charge in [0.05, 0.1) is 39.6 Å². The third kappa shape index (κ3) is 4.86. The predicted molar refractivity (Wildman–Crippen MR) is 133 cm³/mol. The number of aromatic nitrogens is 3. The molecule has 0 bridgehead atoms. The van der Waals surface area contributed by atoms with Crippen molar-refractivity contribution in [2.45, 2.75) is 52.5 Å². The van der Waals surface area contributed by atoms with E-state index in [1.807, 2.05) is 19.9 Å². The van der Waals surface area contributed by atoms with Crippen molar-refractivity contribution in [3.63, 3.8) is 0 Å². The molecule has 4 rings (SSSR count). The van der Waals surface area contributed by atoms with Gasteiger partial charge in [-0.05, 0) is 44.2 Å². The molecule has 0 aliphatic heterocycles. The number of nitrogens with one attached hydrogen (secondary N) is 1. The van der Waals surface area contributed by atoms with E-state index in [9.17, 15) is 14.0 Å². The van der Waals surface area contributed by atoms with Gasteiger partial charge in [-0.25, -0.2) is 13.9 Å². The topological polar surface area (TPSA) is 79.6 Å². The van der Waals surface area contributed by atoms with Crippen LogP contribution in [-0.2, 0) is 4.79 Å². The maximum absolute atomic E-state index is 15.0. The van der Waals surface area contributed by atoms with Gasteiger partial charge in [0, 0.05) is 24.9 Å². The summed E-state index contributed by atoms with van der Waals surface area (Å²) in [6.45, 7) is 5.43. The van der Waals surface area contributed by atoms with E-state index in [0.29, 0.717) is 16.9 Å². The minimum Gasteiger partial charge on any atom is -0.347 e. The number of amides is 2. The maximum Gasteiger partial charge on any atom is 0.257 e. The molecule has 2 heterocycles. The molecule has 1 atom stereocenters. The molecule has 1 aliphatic rings. The summed E-state index contributed by atoms with van der Waals surface area (Å²) in [4.78, 5) is 31.9. The molecule has 1 aromatic carbocycles. The summed E-state index contributed by atoms with van der Waals surface area (Å²) >= 11 is 12.6. The van der Waals surface area contributed by atoms with E-state index < -0.39 is 23.2 Å². The van der Waals surface area contributed by atoms with Gasteiger partial charge in [0.1, 0.15) is 5.82 Å². The number of carbonyl (C=O) groups excluding carboxylic acids is 2. The first kappa shape index (κ1) is 25.4. The van der Waals surface area contributed by atoms with Crippen LogP contribution in [0.1, 0.15) is 66.0 Å². The Hall–Kier alpha value is -2.71. The third-order valence-electron chi connectivity index (χ3n) is 6.92. The Bertz CT molecular complexity index is 1300. The van der Waals surface area contributed by atoms with E-state index in [1.165, 1.54) is 23.2 Å². The van der Waals surface area contributed by atoms with Crippen LogP contribution in [0.3, 0.4) is 0 Å². The molecule has 1 fully saturated rings. The minimum atomic E-state index is -0.681. The van der Waals surface area contributed by atoms with Gasteiger partial charge < -0.3 is 10.2 Å². The number of hydrogen-bond donors (Lipinski definition) is 1. The van der Waals surface area contributed by atoms with Crippen LogP contribution in [0.5, 0.6) is 0 Å².